The van der Waals surface area contributed by atoms with Gasteiger partial charge in [0.15, 0.2) is 5.96 Å². The highest BCUT2D eigenvalue weighted by molar-refractivity contribution is 14.0. The second-order valence-electron chi connectivity index (χ2n) is 6.14. The SMILES string of the molecule is Cc1ccc(NC(N)=NCC(O)COc2ccc(C(F)(F)F)cc2)cc1C.I. The van der Waals surface area contributed by atoms with Crippen LogP contribution < -0.4 is 15.8 Å². The fourth-order valence-corrected chi connectivity index (χ4v) is 2.20. The quantitative estimate of drug-likeness (QED) is 0.311. The third-order valence-electron chi connectivity index (χ3n) is 3.88. The fourth-order valence-electron chi connectivity index (χ4n) is 2.20. The monoisotopic (exact) mass is 509 g/mol. The lowest BCUT2D eigenvalue weighted by atomic mass is 10.1. The molecule has 28 heavy (non-hydrogen) atoms. The summed E-state index contributed by atoms with van der Waals surface area (Å²) in [7, 11) is 0. The Hall–Kier alpha value is -2.01. The van der Waals surface area contributed by atoms with Crippen molar-refractivity contribution in [3.8, 4) is 5.75 Å². The molecule has 0 bridgehead atoms. The van der Waals surface area contributed by atoms with E-state index in [0.29, 0.717) is 0 Å². The summed E-state index contributed by atoms with van der Waals surface area (Å²) in [4.78, 5) is 4.03. The first-order valence-electron chi connectivity index (χ1n) is 8.27. The number of halogens is 4. The topological polar surface area (TPSA) is 79.9 Å². The molecule has 154 valence electrons. The molecule has 1 atom stereocenters. The molecule has 0 spiro atoms. The minimum absolute atomic E-state index is 0. The molecule has 1 unspecified atom stereocenters. The summed E-state index contributed by atoms with van der Waals surface area (Å²) in [5, 5.41) is 12.8. The molecule has 0 amide bonds. The maximum absolute atomic E-state index is 12.5. The van der Waals surface area contributed by atoms with E-state index in [1.165, 1.54) is 12.1 Å². The number of alkyl halides is 3. The van der Waals surface area contributed by atoms with Crippen LogP contribution in [0.2, 0.25) is 0 Å². The van der Waals surface area contributed by atoms with Crippen LogP contribution in [0.4, 0.5) is 18.9 Å². The second-order valence-corrected chi connectivity index (χ2v) is 6.14. The van der Waals surface area contributed by atoms with Crippen molar-refractivity contribution in [2.45, 2.75) is 26.1 Å². The smallest absolute Gasteiger partial charge is 0.416 e. The first-order valence-corrected chi connectivity index (χ1v) is 8.27. The molecule has 0 aliphatic rings. The lowest BCUT2D eigenvalue weighted by molar-refractivity contribution is -0.137. The van der Waals surface area contributed by atoms with E-state index >= 15 is 0 Å². The van der Waals surface area contributed by atoms with Gasteiger partial charge >= 0.3 is 6.18 Å². The van der Waals surface area contributed by atoms with Gasteiger partial charge in [-0.25, -0.2) is 0 Å². The molecule has 0 aliphatic heterocycles. The van der Waals surface area contributed by atoms with Crippen molar-refractivity contribution in [2.24, 2.45) is 10.7 Å². The van der Waals surface area contributed by atoms with Crippen LogP contribution >= 0.6 is 24.0 Å². The minimum Gasteiger partial charge on any atom is -0.491 e. The third-order valence-corrected chi connectivity index (χ3v) is 3.88. The third kappa shape index (κ3) is 7.55. The Bertz CT molecular complexity index is 796. The van der Waals surface area contributed by atoms with Gasteiger partial charge in [-0.3, -0.25) is 4.99 Å². The Morgan fingerprint density at radius 3 is 2.36 bits per heavy atom. The van der Waals surface area contributed by atoms with Gasteiger partial charge in [-0.15, -0.1) is 24.0 Å². The van der Waals surface area contributed by atoms with Crippen LogP contribution in [0.1, 0.15) is 16.7 Å². The van der Waals surface area contributed by atoms with Gasteiger partial charge in [-0.05, 0) is 61.4 Å². The van der Waals surface area contributed by atoms with Crippen molar-refractivity contribution in [1.29, 1.82) is 0 Å². The van der Waals surface area contributed by atoms with Crippen molar-refractivity contribution >= 4 is 35.6 Å². The summed E-state index contributed by atoms with van der Waals surface area (Å²) >= 11 is 0. The molecule has 0 radical (unpaired) electrons. The number of aliphatic imine (C=N–C) groups is 1. The van der Waals surface area contributed by atoms with Crippen molar-refractivity contribution < 1.29 is 23.0 Å². The van der Waals surface area contributed by atoms with Crippen LogP contribution in [0.15, 0.2) is 47.5 Å². The maximum atomic E-state index is 12.5. The number of rotatable bonds is 6. The number of nitrogens with two attached hydrogens (primary N) is 1. The molecule has 4 N–H and O–H groups in total. The van der Waals surface area contributed by atoms with Gasteiger partial charge in [0.25, 0.3) is 0 Å². The largest absolute Gasteiger partial charge is 0.491 e. The molecule has 0 saturated heterocycles. The summed E-state index contributed by atoms with van der Waals surface area (Å²) < 4.78 is 42.8. The van der Waals surface area contributed by atoms with E-state index in [0.717, 1.165) is 28.9 Å². The fraction of sp³-hybridized carbons (Fsp3) is 0.316. The predicted octanol–water partition coefficient (Wildman–Crippen LogP) is 4.11. The van der Waals surface area contributed by atoms with E-state index < -0.39 is 17.8 Å². The molecular formula is C19H23F3IN3O2. The number of nitrogens with zero attached hydrogens (tertiary/aromatic N) is 1. The number of ether oxygens (including phenoxy) is 1. The van der Waals surface area contributed by atoms with Crippen LogP contribution in [-0.4, -0.2) is 30.3 Å². The van der Waals surface area contributed by atoms with E-state index in [4.69, 9.17) is 10.5 Å². The first kappa shape index (κ1) is 24.0. The molecular weight excluding hydrogens is 486 g/mol. The number of nitrogens with one attached hydrogen (secondary N) is 1. The van der Waals surface area contributed by atoms with Crippen LogP contribution in [-0.2, 0) is 6.18 Å². The highest BCUT2D eigenvalue weighted by atomic mass is 127. The van der Waals surface area contributed by atoms with Gasteiger partial charge in [0.2, 0.25) is 0 Å². The lowest BCUT2D eigenvalue weighted by Gasteiger charge is -2.12. The molecule has 0 heterocycles. The number of aryl methyl sites for hydroxylation is 2. The zero-order valence-electron chi connectivity index (χ0n) is 15.5. The number of guanidine groups is 1. The van der Waals surface area contributed by atoms with Gasteiger partial charge < -0.3 is 20.9 Å². The number of hydrogen-bond acceptors (Lipinski definition) is 3. The van der Waals surface area contributed by atoms with E-state index in [9.17, 15) is 18.3 Å². The molecule has 5 nitrogen and oxygen atoms in total. The van der Waals surface area contributed by atoms with Crippen LogP contribution in [0.5, 0.6) is 5.75 Å². The Kier molecular flexibility index (Phi) is 9.02. The number of hydrogen-bond donors (Lipinski definition) is 3. The van der Waals surface area contributed by atoms with Gasteiger partial charge in [0.05, 0.1) is 12.1 Å². The number of anilines is 1. The van der Waals surface area contributed by atoms with Crippen molar-refractivity contribution in [1.82, 2.24) is 0 Å². The summed E-state index contributed by atoms with van der Waals surface area (Å²) in [5.41, 5.74) is 8.08. The predicted molar refractivity (Wildman–Crippen MR) is 114 cm³/mol. The number of aliphatic hydroxyl groups excluding tert-OH is 1. The van der Waals surface area contributed by atoms with Crippen LogP contribution in [0.3, 0.4) is 0 Å². The molecule has 0 fully saturated rings. The highest BCUT2D eigenvalue weighted by Crippen LogP contribution is 2.30. The van der Waals surface area contributed by atoms with Crippen LogP contribution in [0.25, 0.3) is 0 Å². The molecule has 2 aromatic carbocycles. The zero-order chi connectivity index (χ0) is 20.0. The van der Waals surface area contributed by atoms with Gasteiger partial charge in [0, 0.05) is 5.69 Å². The molecule has 2 aromatic rings. The minimum atomic E-state index is -4.40. The van der Waals surface area contributed by atoms with Crippen molar-refractivity contribution in [2.75, 3.05) is 18.5 Å². The normalized spacial score (nSPS) is 12.9. The molecule has 2 rings (SSSR count). The average molecular weight is 509 g/mol. The van der Waals surface area contributed by atoms with Gasteiger partial charge in [0.1, 0.15) is 18.5 Å². The molecule has 9 heteroatoms. The Labute approximate surface area is 178 Å². The van der Waals surface area contributed by atoms with Gasteiger partial charge in [-0.2, -0.15) is 13.2 Å². The summed E-state index contributed by atoms with van der Waals surface area (Å²) in [6.45, 7) is 3.86. The number of aliphatic hydroxyl groups is 1. The maximum Gasteiger partial charge on any atom is 0.416 e. The molecule has 0 aliphatic carbocycles. The summed E-state index contributed by atoms with van der Waals surface area (Å²) in [6, 6.07) is 10.0. The second kappa shape index (κ2) is 10.5. The first-order chi connectivity index (χ1) is 12.6. The number of benzene rings is 2. The lowest BCUT2D eigenvalue weighted by Crippen LogP contribution is -2.27. The van der Waals surface area contributed by atoms with Gasteiger partial charge in [-0.1, -0.05) is 6.07 Å². The molecule has 0 aromatic heterocycles. The van der Waals surface area contributed by atoms with E-state index in [2.05, 4.69) is 10.3 Å². The Morgan fingerprint density at radius 1 is 1.14 bits per heavy atom. The highest BCUT2D eigenvalue weighted by Gasteiger charge is 2.30. The van der Waals surface area contributed by atoms with E-state index in [1.807, 2.05) is 32.0 Å². The average Bonchev–Trinajstić information content (AvgIpc) is 2.61. The van der Waals surface area contributed by atoms with Crippen molar-refractivity contribution in [3.63, 3.8) is 0 Å². The summed E-state index contributed by atoms with van der Waals surface area (Å²) in [5.74, 6) is 0.374. The molecule has 0 saturated carbocycles. The van der Waals surface area contributed by atoms with E-state index in [-0.39, 0.29) is 48.8 Å². The summed E-state index contributed by atoms with van der Waals surface area (Å²) in [6.07, 6.45) is -5.35. The van der Waals surface area contributed by atoms with Crippen LogP contribution in [0, 0.1) is 13.8 Å². The van der Waals surface area contributed by atoms with Crippen molar-refractivity contribution in [3.05, 3.63) is 59.2 Å². The Morgan fingerprint density at radius 2 is 1.79 bits per heavy atom. The Balaban J connectivity index is 0.00000392. The standard InChI is InChI=1S/C19H22F3N3O2.HI/c1-12-3-6-15(9-13(12)2)25-18(23)24-10-16(26)11-27-17-7-4-14(5-8-17)19(20,21)22;/h3-9,16,26H,10-11H2,1-2H3,(H3,23,24,25);1H. The van der Waals surface area contributed by atoms with E-state index in [1.54, 1.807) is 0 Å². The zero-order valence-corrected chi connectivity index (χ0v) is 17.8.